The highest BCUT2D eigenvalue weighted by Gasteiger charge is 2.76. The number of nitrogens with zero attached hydrogens (tertiary/aromatic N) is 4. The van der Waals surface area contributed by atoms with E-state index < -0.39 is 13.2 Å². The summed E-state index contributed by atoms with van der Waals surface area (Å²) in [5.74, 6) is 2.40. The van der Waals surface area contributed by atoms with Gasteiger partial charge in [0.15, 0.2) is 17.3 Å². The second kappa shape index (κ2) is 6.27. The monoisotopic (exact) mass is 431 g/mol. The molecule has 0 bridgehead atoms. The van der Waals surface area contributed by atoms with Crippen LogP contribution in [0.15, 0.2) is 6.33 Å². The van der Waals surface area contributed by atoms with Gasteiger partial charge in [0.25, 0.3) is 0 Å². The summed E-state index contributed by atoms with van der Waals surface area (Å²) in [6.45, 7) is 7.81. The summed E-state index contributed by atoms with van der Waals surface area (Å²) in [4.78, 5) is 13.0. The summed E-state index contributed by atoms with van der Waals surface area (Å²) in [5, 5.41) is 0. The van der Waals surface area contributed by atoms with Crippen LogP contribution in [0, 0.1) is 23.7 Å². The molecule has 1 aliphatic heterocycles. The third-order valence-corrected chi connectivity index (χ3v) is 8.47. The smallest absolute Gasteiger partial charge is 0.208 e. The molecule has 6 atom stereocenters. The molecule has 3 heterocycles. The van der Waals surface area contributed by atoms with E-state index in [2.05, 4.69) is 20.9 Å². The van der Waals surface area contributed by atoms with E-state index in [1.807, 2.05) is 25.3 Å². The van der Waals surface area contributed by atoms with Crippen molar-refractivity contribution in [3.05, 3.63) is 12.2 Å². The molecule has 5 rings (SSSR count). The molecule has 10 heteroatoms. The van der Waals surface area contributed by atoms with E-state index in [1.165, 1.54) is 0 Å². The quantitative estimate of drug-likeness (QED) is 0.567. The van der Waals surface area contributed by atoms with Gasteiger partial charge in [-0.1, -0.05) is 0 Å². The van der Waals surface area contributed by atoms with Crippen molar-refractivity contribution in [1.82, 2.24) is 19.5 Å². The van der Waals surface area contributed by atoms with Crippen LogP contribution in [0.3, 0.4) is 0 Å². The van der Waals surface area contributed by atoms with Crippen molar-refractivity contribution in [2.45, 2.75) is 51.2 Å². The van der Waals surface area contributed by atoms with E-state index >= 15 is 0 Å². The third-order valence-electron chi connectivity index (χ3n) is 6.51. The molecular formula is C20H26N5O4P. The number of nitrogen functional groups attached to an aromatic ring is 1. The average molecular weight is 431 g/mol. The summed E-state index contributed by atoms with van der Waals surface area (Å²) in [5.41, 5.74) is 6.89. The molecule has 0 spiro atoms. The highest BCUT2D eigenvalue weighted by molar-refractivity contribution is 7.58. The maximum absolute atomic E-state index is 13.1. The number of hydrogen-bond acceptors (Lipinski definition) is 8. The molecule has 160 valence electrons. The van der Waals surface area contributed by atoms with Crippen LogP contribution in [0.2, 0.25) is 0 Å². The van der Waals surface area contributed by atoms with Gasteiger partial charge in [0.05, 0.1) is 25.1 Å². The SMILES string of the molecule is C#Cc1nc(N)c2ncn([C@H]3[C@@H]4OC(C)(C)O[C@@H]4[C@@]4(CP(C)(=O)OCC)C[C@H]34)c2n1. The number of ether oxygens (including phenoxy) is 2. The van der Waals surface area contributed by atoms with Gasteiger partial charge in [-0.3, -0.25) is 4.57 Å². The molecule has 9 nitrogen and oxygen atoms in total. The Hall–Kier alpha value is -1.98. The van der Waals surface area contributed by atoms with Gasteiger partial charge < -0.3 is 24.3 Å². The molecule has 2 saturated carbocycles. The predicted octanol–water partition coefficient (Wildman–Crippen LogP) is 2.42. The summed E-state index contributed by atoms with van der Waals surface area (Å²) >= 11 is 0. The first-order chi connectivity index (χ1) is 14.1. The second-order valence-corrected chi connectivity index (χ2v) is 11.6. The zero-order valence-electron chi connectivity index (χ0n) is 17.5. The summed E-state index contributed by atoms with van der Waals surface area (Å²) in [6, 6.07) is -0.0803. The molecule has 2 aromatic rings. The molecule has 1 unspecified atom stereocenters. The third kappa shape index (κ3) is 2.82. The Morgan fingerprint density at radius 2 is 2.20 bits per heavy atom. The number of rotatable bonds is 5. The van der Waals surface area contributed by atoms with E-state index in [1.54, 1.807) is 13.0 Å². The number of aromatic nitrogens is 4. The van der Waals surface area contributed by atoms with Gasteiger partial charge in [-0.15, -0.1) is 6.42 Å². The standard InChI is InChI=1S/C20H26N5O4P/c1-6-12-23-17(21)13-18(24-12)25(10-22-13)14-11-8-20(11,9-30(5,26)27-7-2)16-15(14)28-19(3,4)29-16/h1,10-11,14-16H,7-9H2,2-5H3,(H2,21,23,24)/t11-,14-,15+,16+,20-,30?/m1/s1. The van der Waals surface area contributed by atoms with Gasteiger partial charge in [-0.25, -0.2) is 15.0 Å². The number of hydrogen-bond donors (Lipinski definition) is 1. The van der Waals surface area contributed by atoms with Crippen LogP contribution in [-0.4, -0.2) is 56.9 Å². The van der Waals surface area contributed by atoms with Gasteiger partial charge >= 0.3 is 0 Å². The topological polar surface area (TPSA) is 114 Å². The zero-order valence-corrected chi connectivity index (χ0v) is 18.4. The van der Waals surface area contributed by atoms with Gasteiger partial charge in [-0.05, 0) is 39.0 Å². The van der Waals surface area contributed by atoms with Gasteiger partial charge in [0.1, 0.15) is 11.6 Å². The Morgan fingerprint density at radius 3 is 2.90 bits per heavy atom. The van der Waals surface area contributed by atoms with Crippen LogP contribution in [-0.2, 0) is 18.6 Å². The highest BCUT2D eigenvalue weighted by Crippen LogP contribution is 2.75. The molecule has 2 aliphatic carbocycles. The first-order valence-electron chi connectivity index (χ1n) is 10.1. The Bertz CT molecular complexity index is 1120. The molecule has 2 N–H and O–H groups in total. The fraction of sp³-hybridized carbons (Fsp3) is 0.650. The fourth-order valence-corrected chi connectivity index (χ4v) is 7.80. The van der Waals surface area contributed by atoms with Crippen LogP contribution in [0.25, 0.3) is 11.2 Å². The molecule has 30 heavy (non-hydrogen) atoms. The first kappa shape index (κ1) is 20.0. The van der Waals surface area contributed by atoms with E-state index in [0.717, 1.165) is 6.42 Å². The first-order valence-corrected chi connectivity index (χ1v) is 12.4. The number of fused-ring (bicyclic) bond motifs is 4. The van der Waals surface area contributed by atoms with Crippen LogP contribution in [0.5, 0.6) is 0 Å². The Kier molecular flexibility index (Phi) is 4.17. The lowest BCUT2D eigenvalue weighted by Gasteiger charge is -2.25. The second-order valence-electron chi connectivity index (χ2n) is 9.05. The van der Waals surface area contributed by atoms with E-state index in [-0.39, 0.29) is 41.2 Å². The van der Waals surface area contributed by atoms with Crippen molar-refractivity contribution in [2.24, 2.45) is 11.3 Å². The summed E-state index contributed by atoms with van der Waals surface area (Å²) < 4.78 is 33.3. The fourth-order valence-electron chi connectivity index (χ4n) is 5.55. The molecule has 1 saturated heterocycles. The lowest BCUT2D eigenvalue weighted by molar-refractivity contribution is -0.160. The van der Waals surface area contributed by atoms with Crippen molar-refractivity contribution < 1.29 is 18.6 Å². The van der Waals surface area contributed by atoms with Crippen LogP contribution in [0.1, 0.15) is 39.1 Å². The minimum absolute atomic E-state index is 0.0803. The normalized spacial score (nSPS) is 35.6. The van der Waals surface area contributed by atoms with Gasteiger partial charge in [0, 0.05) is 18.2 Å². The van der Waals surface area contributed by atoms with Gasteiger partial charge in [0.2, 0.25) is 13.2 Å². The molecule has 3 fully saturated rings. The number of imidazole rings is 1. The average Bonchev–Trinajstić information content (AvgIpc) is 2.93. The maximum Gasteiger partial charge on any atom is 0.208 e. The summed E-state index contributed by atoms with van der Waals surface area (Å²) in [7, 11) is -2.76. The van der Waals surface area contributed by atoms with Crippen molar-refractivity contribution in [1.29, 1.82) is 0 Å². The Labute approximate surface area is 175 Å². The molecule has 3 aliphatic rings. The lowest BCUT2D eigenvalue weighted by atomic mass is 10.0. The van der Waals surface area contributed by atoms with E-state index in [9.17, 15) is 4.57 Å². The largest absolute Gasteiger partial charge is 0.382 e. The minimum atomic E-state index is -2.76. The van der Waals surface area contributed by atoms with Gasteiger partial charge in [-0.2, -0.15) is 0 Å². The molecule has 0 amide bonds. The Morgan fingerprint density at radius 1 is 1.43 bits per heavy atom. The van der Waals surface area contributed by atoms with Crippen molar-refractivity contribution in [3.8, 4) is 12.3 Å². The molecular weight excluding hydrogens is 405 g/mol. The van der Waals surface area contributed by atoms with Crippen molar-refractivity contribution >= 4 is 24.4 Å². The van der Waals surface area contributed by atoms with E-state index in [4.69, 9.17) is 26.2 Å². The zero-order chi connectivity index (χ0) is 21.5. The minimum Gasteiger partial charge on any atom is -0.382 e. The van der Waals surface area contributed by atoms with Crippen molar-refractivity contribution in [3.63, 3.8) is 0 Å². The number of anilines is 1. The van der Waals surface area contributed by atoms with Crippen molar-refractivity contribution in [2.75, 3.05) is 25.2 Å². The molecule has 0 radical (unpaired) electrons. The maximum atomic E-state index is 13.1. The van der Waals surface area contributed by atoms with E-state index in [0.29, 0.717) is 23.9 Å². The van der Waals surface area contributed by atoms with Crippen LogP contribution in [0.4, 0.5) is 5.82 Å². The number of terminal acetylenes is 1. The Balaban J connectivity index is 1.59. The van der Waals surface area contributed by atoms with Crippen LogP contribution >= 0.6 is 7.37 Å². The molecule has 0 aromatic carbocycles. The summed E-state index contributed by atoms with van der Waals surface area (Å²) in [6.07, 6.45) is 8.17. The predicted molar refractivity (Wildman–Crippen MR) is 111 cm³/mol. The van der Waals surface area contributed by atoms with Crippen LogP contribution < -0.4 is 5.73 Å². The lowest BCUT2D eigenvalue weighted by Crippen LogP contribution is -2.33. The molecule has 2 aromatic heterocycles. The number of nitrogens with two attached hydrogens (primary N) is 1. The highest BCUT2D eigenvalue weighted by atomic mass is 31.2.